The molecule has 0 radical (unpaired) electrons. The summed E-state index contributed by atoms with van der Waals surface area (Å²) in [5, 5.41) is 18.2. The summed E-state index contributed by atoms with van der Waals surface area (Å²) in [6.45, 7) is 0. The normalized spacial score (nSPS) is 11.7. The molecule has 12 aromatic rings. The molecule has 0 aliphatic rings. The lowest BCUT2D eigenvalue weighted by Gasteiger charge is -2.21. The minimum absolute atomic E-state index is 0.645. The summed E-state index contributed by atoms with van der Waals surface area (Å²) in [7, 11) is 0. The van der Waals surface area contributed by atoms with Gasteiger partial charge in [-0.1, -0.05) is 146 Å². The van der Waals surface area contributed by atoms with Crippen LogP contribution in [0.1, 0.15) is 5.56 Å². The number of nitriles is 1. The minimum atomic E-state index is 0.645. The van der Waals surface area contributed by atoms with E-state index < -0.39 is 0 Å². The number of benzene rings is 9. The maximum absolute atomic E-state index is 11.0. The zero-order valence-corrected chi connectivity index (χ0v) is 32.6. The number of fused-ring (bicyclic) bond motifs is 9. The quantitative estimate of drug-likeness (QED) is 0.172. The first-order valence-electron chi connectivity index (χ1n) is 19.9. The molecule has 0 aliphatic heterocycles. The van der Waals surface area contributed by atoms with Crippen LogP contribution in [0.15, 0.2) is 200 Å². The van der Waals surface area contributed by atoms with E-state index in [1.807, 2.05) is 6.07 Å². The second kappa shape index (κ2) is 13.2. The van der Waals surface area contributed by atoms with Crippen LogP contribution in [0.3, 0.4) is 0 Å². The van der Waals surface area contributed by atoms with Gasteiger partial charge in [-0.3, -0.25) is 0 Å². The van der Waals surface area contributed by atoms with Crippen molar-refractivity contribution < 1.29 is 0 Å². The Morgan fingerprint density at radius 1 is 0.407 bits per heavy atom. The third-order valence-corrected chi connectivity index (χ3v) is 13.2. The molecule has 4 heteroatoms. The molecular weight excluding hydrogens is 735 g/mol. The summed E-state index contributed by atoms with van der Waals surface area (Å²) in [6, 6.07) is 74.3. The van der Waals surface area contributed by atoms with E-state index in [2.05, 4.69) is 209 Å². The van der Waals surface area contributed by atoms with E-state index in [0.717, 1.165) is 55.6 Å². The first-order valence-corrected chi connectivity index (χ1v) is 20.7. The third-order valence-electron chi connectivity index (χ3n) is 12.0. The first kappa shape index (κ1) is 33.4. The molecule has 9 aromatic carbocycles. The van der Waals surface area contributed by atoms with Crippen molar-refractivity contribution in [3.63, 3.8) is 0 Å². The highest BCUT2D eigenvalue weighted by Crippen LogP contribution is 2.48. The fourth-order valence-corrected chi connectivity index (χ4v) is 10.7. The smallest absolute Gasteiger partial charge is 0.0998 e. The summed E-state index contributed by atoms with van der Waals surface area (Å²) >= 11 is 1.80. The van der Waals surface area contributed by atoms with Crippen LogP contribution in [0.5, 0.6) is 0 Å². The Bertz CT molecular complexity index is 3670. The molecule has 0 bridgehead atoms. The van der Waals surface area contributed by atoms with Crippen molar-refractivity contribution in [1.29, 1.82) is 5.26 Å². The van der Waals surface area contributed by atoms with Gasteiger partial charge in [0.1, 0.15) is 0 Å². The van der Waals surface area contributed by atoms with Crippen molar-refractivity contribution in [2.24, 2.45) is 0 Å². The van der Waals surface area contributed by atoms with E-state index in [-0.39, 0.29) is 0 Å². The molecule has 0 fully saturated rings. The van der Waals surface area contributed by atoms with Gasteiger partial charge in [-0.25, -0.2) is 0 Å². The molecule has 0 unspecified atom stereocenters. The van der Waals surface area contributed by atoms with Crippen LogP contribution in [0.2, 0.25) is 0 Å². The maximum atomic E-state index is 11.0. The lowest BCUT2D eigenvalue weighted by atomic mass is 9.91. The van der Waals surface area contributed by atoms with Crippen LogP contribution in [-0.2, 0) is 0 Å². The van der Waals surface area contributed by atoms with Crippen LogP contribution >= 0.6 is 11.3 Å². The van der Waals surface area contributed by atoms with Gasteiger partial charge in [0.15, 0.2) is 0 Å². The number of para-hydroxylation sites is 3. The largest absolute Gasteiger partial charge is 0.309 e. The summed E-state index contributed by atoms with van der Waals surface area (Å²) in [5.74, 6) is 0. The number of aromatic nitrogens is 2. The highest BCUT2D eigenvalue weighted by atomic mass is 32.1. The summed E-state index contributed by atoms with van der Waals surface area (Å²) in [6.07, 6.45) is 0. The zero-order chi connectivity index (χ0) is 39.0. The van der Waals surface area contributed by atoms with Crippen molar-refractivity contribution in [2.45, 2.75) is 0 Å². The van der Waals surface area contributed by atoms with Crippen molar-refractivity contribution in [3.8, 4) is 50.8 Å². The van der Waals surface area contributed by atoms with Gasteiger partial charge in [0, 0.05) is 64.1 Å². The van der Waals surface area contributed by atoms with Crippen LogP contribution in [0.4, 0.5) is 0 Å². The SMILES string of the molecule is N#Cc1ccc(-c2ccccc2)c(-n2c3ccccc3c3c(-c4ccc5c(c4)c4ccccc4n5-c4ccccc4)cccc32)c1-c1cccc2c1sc1ccccc12. The van der Waals surface area contributed by atoms with Crippen LogP contribution in [0.25, 0.3) is 109 Å². The second-order valence-electron chi connectivity index (χ2n) is 15.1. The molecular formula is C55H33N3S. The highest BCUT2D eigenvalue weighted by Gasteiger charge is 2.25. The predicted molar refractivity (Wildman–Crippen MR) is 249 cm³/mol. The third kappa shape index (κ3) is 4.99. The number of hydrogen-bond acceptors (Lipinski definition) is 2. The van der Waals surface area contributed by atoms with Crippen molar-refractivity contribution in [2.75, 3.05) is 0 Å². The van der Waals surface area contributed by atoms with Gasteiger partial charge in [-0.05, 0) is 71.3 Å². The lowest BCUT2D eigenvalue weighted by molar-refractivity contribution is 1.18. The molecule has 0 amide bonds. The molecule has 0 aliphatic carbocycles. The fraction of sp³-hybridized carbons (Fsp3) is 0. The molecule has 3 aromatic heterocycles. The van der Waals surface area contributed by atoms with Gasteiger partial charge in [-0.15, -0.1) is 11.3 Å². The predicted octanol–water partition coefficient (Wildman–Crippen LogP) is 15.1. The number of hydrogen-bond donors (Lipinski definition) is 0. The Morgan fingerprint density at radius 3 is 1.85 bits per heavy atom. The first-order chi connectivity index (χ1) is 29.3. The van der Waals surface area contributed by atoms with E-state index in [4.69, 9.17) is 0 Å². The Kier molecular flexibility index (Phi) is 7.47. The fourth-order valence-electron chi connectivity index (χ4n) is 9.48. The Morgan fingerprint density at radius 2 is 1.03 bits per heavy atom. The minimum Gasteiger partial charge on any atom is -0.309 e. The monoisotopic (exact) mass is 767 g/mol. The lowest BCUT2D eigenvalue weighted by Crippen LogP contribution is -2.03. The molecule has 12 rings (SSSR count). The van der Waals surface area contributed by atoms with Gasteiger partial charge >= 0.3 is 0 Å². The molecule has 0 atom stereocenters. The number of thiophene rings is 1. The van der Waals surface area contributed by atoms with Gasteiger partial charge in [0.2, 0.25) is 0 Å². The van der Waals surface area contributed by atoms with Crippen LogP contribution < -0.4 is 0 Å². The van der Waals surface area contributed by atoms with Gasteiger partial charge in [0.25, 0.3) is 0 Å². The van der Waals surface area contributed by atoms with E-state index >= 15 is 0 Å². The average Bonchev–Trinajstić information content (AvgIpc) is 3.97. The molecule has 0 N–H and O–H groups in total. The van der Waals surface area contributed by atoms with E-state index in [1.165, 1.54) is 52.9 Å². The number of nitrogens with zero attached hydrogens (tertiary/aromatic N) is 3. The summed E-state index contributed by atoms with van der Waals surface area (Å²) in [5.41, 5.74) is 13.8. The molecule has 0 saturated carbocycles. The van der Waals surface area contributed by atoms with E-state index in [9.17, 15) is 5.26 Å². The summed E-state index contributed by atoms with van der Waals surface area (Å²) < 4.78 is 7.21. The number of rotatable bonds is 5. The molecule has 59 heavy (non-hydrogen) atoms. The van der Waals surface area contributed by atoms with Gasteiger partial charge in [0.05, 0.1) is 39.4 Å². The van der Waals surface area contributed by atoms with Crippen molar-refractivity contribution >= 4 is 75.1 Å². The maximum Gasteiger partial charge on any atom is 0.0998 e. The van der Waals surface area contributed by atoms with Crippen LogP contribution in [0, 0.1) is 11.3 Å². The second-order valence-corrected chi connectivity index (χ2v) is 16.2. The molecule has 0 saturated heterocycles. The average molecular weight is 768 g/mol. The van der Waals surface area contributed by atoms with E-state index in [1.54, 1.807) is 11.3 Å². The Labute approximate surface area is 344 Å². The summed E-state index contributed by atoms with van der Waals surface area (Å²) in [4.78, 5) is 0. The van der Waals surface area contributed by atoms with Gasteiger partial charge < -0.3 is 9.13 Å². The van der Waals surface area contributed by atoms with Crippen LogP contribution in [-0.4, -0.2) is 9.13 Å². The van der Waals surface area contributed by atoms with Gasteiger partial charge in [-0.2, -0.15) is 5.26 Å². The standard InChI is InChI=1S/C55H33N3S/c56-34-37-29-31-40(35-15-3-1-4-16-35)54(52(37)45-24-13-23-43-42-20-9-12-28-51(42)59-55(43)45)58-48-26-11-8-21-44(48)53-39(22-14-27-50(53)58)36-30-32-49-46(33-36)41-19-7-10-25-47(41)57(49)38-17-5-2-6-18-38/h1-33H. The molecule has 3 nitrogen and oxygen atoms in total. The Hall–Kier alpha value is -7.71. The topological polar surface area (TPSA) is 33.6 Å². The zero-order valence-electron chi connectivity index (χ0n) is 31.8. The highest BCUT2D eigenvalue weighted by molar-refractivity contribution is 7.26. The molecule has 3 heterocycles. The van der Waals surface area contributed by atoms with Crippen molar-refractivity contribution in [1.82, 2.24) is 9.13 Å². The molecule has 0 spiro atoms. The van der Waals surface area contributed by atoms with E-state index in [0.29, 0.717) is 5.56 Å². The Balaban J connectivity index is 1.18. The molecule has 274 valence electrons. The van der Waals surface area contributed by atoms with Crippen molar-refractivity contribution in [3.05, 3.63) is 206 Å².